The number of para-hydroxylation sites is 1. The van der Waals surface area contributed by atoms with Crippen LogP contribution in [0.15, 0.2) is 18.2 Å². The molecule has 0 bridgehead atoms. The molecule has 1 heterocycles. The lowest BCUT2D eigenvalue weighted by molar-refractivity contribution is -0.135. The summed E-state index contributed by atoms with van der Waals surface area (Å²) >= 11 is 0. The van der Waals surface area contributed by atoms with Crippen molar-refractivity contribution in [1.82, 2.24) is 15.1 Å². The Labute approximate surface area is 150 Å². The van der Waals surface area contributed by atoms with Gasteiger partial charge < -0.3 is 15.0 Å². The van der Waals surface area contributed by atoms with Crippen LogP contribution in [0.3, 0.4) is 0 Å². The predicted octanol–water partition coefficient (Wildman–Crippen LogP) is 1.35. The third-order valence-corrected chi connectivity index (χ3v) is 4.29. The molecule has 25 heavy (non-hydrogen) atoms. The number of carbonyl (C=O) groups excluding carboxylic acids is 2. The van der Waals surface area contributed by atoms with Gasteiger partial charge in [0.25, 0.3) is 5.91 Å². The number of rotatable bonds is 6. The van der Waals surface area contributed by atoms with Crippen LogP contribution >= 0.6 is 0 Å². The lowest BCUT2D eigenvalue weighted by atomic mass is 10.1. The average molecular weight is 347 g/mol. The highest BCUT2D eigenvalue weighted by atomic mass is 16.5. The molecular weight excluding hydrogens is 318 g/mol. The van der Waals surface area contributed by atoms with E-state index in [0.29, 0.717) is 32.7 Å². The topological polar surface area (TPSA) is 61.9 Å². The van der Waals surface area contributed by atoms with Crippen LogP contribution < -0.4 is 10.1 Å². The van der Waals surface area contributed by atoms with Gasteiger partial charge in [-0.3, -0.25) is 14.5 Å². The normalized spacial score (nSPS) is 15.3. The van der Waals surface area contributed by atoms with Crippen LogP contribution in [-0.2, 0) is 9.59 Å². The molecule has 1 saturated heterocycles. The van der Waals surface area contributed by atoms with Gasteiger partial charge in [-0.2, -0.15) is 0 Å². The number of carbonyl (C=O) groups is 2. The van der Waals surface area contributed by atoms with Gasteiger partial charge in [0, 0.05) is 32.2 Å². The Kier molecular flexibility index (Phi) is 6.82. The van der Waals surface area contributed by atoms with Crippen molar-refractivity contribution >= 4 is 11.8 Å². The molecule has 0 aliphatic carbocycles. The van der Waals surface area contributed by atoms with E-state index in [0.717, 1.165) is 16.9 Å². The van der Waals surface area contributed by atoms with Crippen molar-refractivity contribution in [3.8, 4) is 5.75 Å². The SMILES string of the molecule is Cc1cccc(C)c1OCC(=O)N1CCN(CC(=O)NC(C)C)CC1. The summed E-state index contributed by atoms with van der Waals surface area (Å²) in [6.45, 7) is 11.0. The minimum absolute atomic E-state index is 0.00562. The maximum absolute atomic E-state index is 12.4. The van der Waals surface area contributed by atoms with Crippen LogP contribution in [0.5, 0.6) is 5.75 Å². The fraction of sp³-hybridized carbons (Fsp3) is 0.579. The molecule has 2 rings (SSSR count). The fourth-order valence-corrected chi connectivity index (χ4v) is 2.98. The molecule has 6 heteroatoms. The second-order valence-electron chi connectivity index (χ2n) is 6.89. The Morgan fingerprint density at radius 2 is 1.72 bits per heavy atom. The molecule has 2 amide bonds. The summed E-state index contributed by atoms with van der Waals surface area (Å²) in [4.78, 5) is 28.1. The number of nitrogens with one attached hydrogen (secondary N) is 1. The second-order valence-corrected chi connectivity index (χ2v) is 6.89. The van der Waals surface area contributed by atoms with E-state index in [1.54, 1.807) is 0 Å². The summed E-state index contributed by atoms with van der Waals surface area (Å²) in [5.41, 5.74) is 2.07. The first-order valence-electron chi connectivity index (χ1n) is 8.85. The van der Waals surface area contributed by atoms with Gasteiger partial charge in [0.15, 0.2) is 6.61 Å². The smallest absolute Gasteiger partial charge is 0.260 e. The number of hydrogen-bond acceptors (Lipinski definition) is 4. The molecule has 0 aromatic heterocycles. The monoisotopic (exact) mass is 347 g/mol. The van der Waals surface area contributed by atoms with Crippen molar-refractivity contribution in [2.45, 2.75) is 33.7 Å². The molecule has 6 nitrogen and oxygen atoms in total. The van der Waals surface area contributed by atoms with Crippen molar-refractivity contribution in [3.05, 3.63) is 29.3 Å². The number of ether oxygens (including phenoxy) is 1. The highest BCUT2D eigenvalue weighted by Crippen LogP contribution is 2.22. The standard InChI is InChI=1S/C19H29N3O3/c1-14(2)20-17(23)12-21-8-10-22(11-9-21)18(24)13-25-19-15(3)6-5-7-16(19)4/h5-7,14H,8-13H2,1-4H3,(H,20,23). The maximum atomic E-state index is 12.4. The van der Waals surface area contributed by atoms with E-state index in [2.05, 4.69) is 10.2 Å². The lowest BCUT2D eigenvalue weighted by Gasteiger charge is -2.34. The number of amides is 2. The molecule has 1 N–H and O–H groups in total. The van der Waals surface area contributed by atoms with E-state index in [1.807, 2.05) is 50.8 Å². The van der Waals surface area contributed by atoms with Gasteiger partial charge in [0.2, 0.25) is 5.91 Å². The molecule has 1 aliphatic rings. The van der Waals surface area contributed by atoms with Crippen molar-refractivity contribution in [1.29, 1.82) is 0 Å². The Hall–Kier alpha value is -2.08. The summed E-state index contributed by atoms with van der Waals surface area (Å²) in [5, 5.41) is 2.89. The van der Waals surface area contributed by atoms with Crippen LogP contribution in [0.2, 0.25) is 0 Å². The van der Waals surface area contributed by atoms with E-state index in [-0.39, 0.29) is 24.5 Å². The molecule has 0 atom stereocenters. The molecule has 1 fully saturated rings. The number of piperazine rings is 1. The summed E-state index contributed by atoms with van der Waals surface area (Å²) < 4.78 is 5.75. The van der Waals surface area contributed by atoms with Gasteiger partial charge in [-0.1, -0.05) is 18.2 Å². The Morgan fingerprint density at radius 3 is 2.28 bits per heavy atom. The molecule has 0 unspecified atom stereocenters. The van der Waals surface area contributed by atoms with Crippen LogP contribution in [0.4, 0.5) is 0 Å². The van der Waals surface area contributed by atoms with Gasteiger partial charge >= 0.3 is 0 Å². The molecule has 0 spiro atoms. The van der Waals surface area contributed by atoms with E-state index in [1.165, 1.54) is 0 Å². The molecular formula is C19H29N3O3. The second kappa shape index (κ2) is 8.85. The highest BCUT2D eigenvalue weighted by molar-refractivity contribution is 5.79. The summed E-state index contributed by atoms with van der Waals surface area (Å²) in [7, 11) is 0. The first-order valence-corrected chi connectivity index (χ1v) is 8.85. The number of hydrogen-bond donors (Lipinski definition) is 1. The van der Waals surface area contributed by atoms with Gasteiger partial charge in [-0.05, 0) is 38.8 Å². The van der Waals surface area contributed by atoms with E-state index < -0.39 is 0 Å². The van der Waals surface area contributed by atoms with Crippen LogP contribution in [0.1, 0.15) is 25.0 Å². The summed E-state index contributed by atoms with van der Waals surface area (Å²) in [6.07, 6.45) is 0. The van der Waals surface area contributed by atoms with Crippen molar-refractivity contribution < 1.29 is 14.3 Å². The van der Waals surface area contributed by atoms with Gasteiger partial charge in [0.05, 0.1) is 6.54 Å². The van der Waals surface area contributed by atoms with Crippen LogP contribution in [0, 0.1) is 13.8 Å². The molecule has 1 aromatic rings. The quantitative estimate of drug-likeness (QED) is 0.844. The maximum Gasteiger partial charge on any atom is 0.260 e. The Balaban J connectivity index is 1.77. The third-order valence-electron chi connectivity index (χ3n) is 4.29. The zero-order valence-corrected chi connectivity index (χ0v) is 15.7. The van der Waals surface area contributed by atoms with Gasteiger partial charge in [-0.25, -0.2) is 0 Å². The minimum Gasteiger partial charge on any atom is -0.483 e. The van der Waals surface area contributed by atoms with E-state index in [4.69, 9.17) is 4.74 Å². The van der Waals surface area contributed by atoms with Crippen molar-refractivity contribution in [2.75, 3.05) is 39.3 Å². The number of nitrogens with zero attached hydrogens (tertiary/aromatic N) is 2. The molecule has 1 aliphatic heterocycles. The van der Waals surface area contributed by atoms with Gasteiger partial charge in [-0.15, -0.1) is 0 Å². The van der Waals surface area contributed by atoms with Crippen LogP contribution in [-0.4, -0.2) is 67.0 Å². The Morgan fingerprint density at radius 1 is 1.12 bits per heavy atom. The molecule has 0 saturated carbocycles. The lowest BCUT2D eigenvalue weighted by Crippen LogP contribution is -2.52. The average Bonchev–Trinajstić information content (AvgIpc) is 2.54. The van der Waals surface area contributed by atoms with E-state index in [9.17, 15) is 9.59 Å². The molecule has 0 radical (unpaired) electrons. The molecule has 138 valence electrons. The summed E-state index contributed by atoms with van der Waals surface area (Å²) in [6, 6.07) is 6.09. The number of benzene rings is 1. The third kappa shape index (κ3) is 5.74. The van der Waals surface area contributed by atoms with Crippen molar-refractivity contribution in [3.63, 3.8) is 0 Å². The van der Waals surface area contributed by atoms with Gasteiger partial charge in [0.1, 0.15) is 5.75 Å². The zero-order valence-electron chi connectivity index (χ0n) is 15.7. The fourth-order valence-electron chi connectivity index (χ4n) is 2.98. The summed E-state index contributed by atoms with van der Waals surface area (Å²) in [5.74, 6) is 0.821. The number of aryl methyl sites for hydroxylation is 2. The van der Waals surface area contributed by atoms with Crippen LogP contribution in [0.25, 0.3) is 0 Å². The zero-order chi connectivity index (χ0) is 18.4. The highest BCUT2D eigenvalue weighted by Gasteiger charge is 2.23. The molecule has 1 aromatic carbocycles. The largest absolute Gasteiger partial charge is 0.483 e. The first kappa shape index (κ1) is 19.2. The Bertz CT molecular complexity index is 588. The predicted molar refractivity (Wildman–Crippen MR) is 97.7 cm³/mol. The van der Waals surface area contributed by atoms with Crippen molar-refractivity contribution in [2.24, 2.45) is 0 Å². The van der Waals surface area contributed by atoms with E-state index >= 15 is 0 Å². The minimum atomic E-state index is -0.00562. The first-order chi connectivity index (χ1) is 11.9.